The van der Waals surface area contributed by atoms with Gasteiger partial charge in [-0.3, -0.25) is 4.90 Å². The van der Waals surface area contributed by atoms with E-state index in [4.69, 9.17) is 4.74 Å². The van der Waals surface area contributed by atoms with Crippen LogP contribution in [0.2, 0.25) is 0 Å². The molecule has 1 aliphatic carbocycles. The molecule has 0 bridgehead atoms. The van der Waals surface area contributed by atoms with Gasteiger partial charge in [0.15, 0.2) is 0 Å². The fourth-order valence-electron chi connectivity index (χ4n) is 2.57. The Kier molecular flexibility index (Phi) is 7.01. The van der Waals surface area contributed by atoms with Crippen LogP contribution in [0.15, 0.2) is 0 Å². The number of ether oxygens (including phenoxy) is 1. The molecule has 0 aromatic carbocycles. The van der Waals surface area contributed by atoms with E-state index >= 15 is 0 Å². The Morgan fingerprint density at radius 3 is 2.62 bits per heavy atom. The molecule has 0 heterocycles. The van der Waals surface area contributed by atoms with Crippen molar-refractivity contribution in [2.75, 3.05) is 33.9 Å². The maximum atomic E-state index is 5.33. The first kappa shape index (κ1) is 13.9. The lowest BCUT2D eigenvalue weighted by Crippen LogP contribution is -2.47. The van der Waals surface area contributed by atoms with Crippen LogP contribution in [-0.4, -0.2) is 50.8 Å². The van der Waals surface area contributed by atoms with Crippen LogP contribution in [0.5, 0.6) is 0 Å². The number of nitrogens with one attached hydrogen (secondary N) is 1. The Hall–Kier alpha value is -0.120. The zero-order valence-electron chi connectivity index (χ0n) is 11.2. The van der Waals surface area contributed by atoms with E-state index in [2.05, 4.69) is 24.2 Å². The molecule has 0 amide bonds. The summed E-state index contributed by atoms with van der Waals surface area (Å²) in [6.07, 6.45) is 6.73. The van der Waals surface area contributed by atoms with Crippen molar-refractivity contribution in [2.24, 2.45) is 0 Å². The largest absolute Gasteiger partial charge is 0.383 e. The van der Waals surface area contributed by atoms with Gasteiger partial charge in [-0.15, -0.1) is 0 Å². The molecule has 0 aromatic heterocycles. The number of nitrogens with zero attached hydrogens (tertiary/aromatic N) is 1. The summed E-state index contributed by atoms with van der Waals surface area (Å²) >= 11 is 0. The highest BCUT2D eigenvalue weighted by molar-refractivity contribution is 4.81. The summed E-state index contributed by atoms with van der Waals surface area (Å²) in [5, 5.41) is 3.50. The first-order valence-electron chi connectivity index (χ1n) is 6.71. The quantitative estimate of drug-likeness (QED) is 0.642. The first-order chi connectivity index (χ1) is 7.79. The maximum absolute atomic E-state index is 5.33. The first-order valence-corrected chi connectivity index (χ1v) is 6.71. The van der Waals surface area contributed by atoms with Crippen LogP contribution in [0, 0.1) is 0 Å². The minimum absolute atomic E-state index is 0.527. The van der Waals surface area contributed by atoms with Gasteiger partial charge in [-0.25, -0.2) is 0 Å². The molecule has 1 saturated carbocycles. The van der Waals surface area contributed by atoms with Crippen LogP contribution in [0.3, 0.4) is 0 Å². The van der Waals surface area contributed by atoms with Crippen LogP contribution in [0.1, 0.15) is 39.0 Å². The van der Waals surface area contributed by atoms with Crippen molar-refractivity contribution in [3.63, 3.8) is 0 Å². The lowest BCUT2D eigenvalue weighted by atomic mass is 10.1. The highest BCUT2D eigenvalue weighted by Gasteiger charge is 2.25. The molecule has 0 aliphatic heterocycles. The zero-order valence-corrected chi connectivity index (χ0v) is 11.2. The van der Waals surface area contributed by atoms with Gasteiger partial charge in [-0.05, 0) is 32.9 Å². The standard InChI is InChI=1S/C13H28N2O/c1-4-9-14-10-13(11-16-3)15(2)12-7-5-6-8-12/h12-14H,4-11H2,1-3H3. The van der Waals surface area contributed by atoms with Gasteiger partial charge in [0, 0.05) is 25.7 Å². The molecule has 16 heavy (non-hydrogen) atoms. The zero-order chi connectivity index (χ0) is 11.8. The van der Waals surface area contributed by atoms with Crippen molar-refractivity contribution in [2.45, 2.75) is 51.1 Å². The summed E-state index contributed by atoms with van der Waals surface area (Å²) in [6.45, 7) is 5.20. The van der Waals surface area contributed by atoms with E-state index in [-0.39, 0.29) is 0 Å². The molecule has 96 valence electrons. The van der Waals surface area contributed by atoms with Gasteiger partial charge in [0.25, 0.3) is 0 Å². The van der Waals surface area contributed by atoms with Gasteiger partial charge in [0.2, 0.25) is 0 Å². The van der Waals surface area contributed by atoms with Crippen LogP contribution < -0.4 is 5.32 Å². The Morgan fingerprint density at radius 2 is 2.06 bits per heavy atom. The Bertz CT molecular complexity index is 169. The smallest absolute Gasteiger partial charge is 0.0630 e. The van der Waals surface area contributed by atoms with Crippen molar-refractivity contribution in [3.8, 4) is 0 Å². The predicted molar refractivity (Wildman–Crippen MR) is 68.8 cm³/mol. The fourth-order valence-corrected chi connectivity index (χ4v) is 2.57. The summed E-state index contributed by atoms with van der Waals surface area (Å²) < 4.78 is 5.33. The summed E-state index contributed by atoms with van der Waals surface area (Å²) in [7, 11) is 4.06. The molecule has 1 aliphatic rings. The average Bonchev–Trinajstić information content (AvgIpc) is 2.81. The molecule has 0 aromatic rings. The van der Waals surface area contributed by atoms with Crippen LogP contribution in [0.4, 0.5) is 0 Å². The molecule has 3 nitrogen and oxygen atoms in total. The predicted octanol–water partition coefficient (Wildman–Crippen LogP) is 1.88. The van der Waals surface area contributed by atoms with E-state index in [1.165, 1.54) is 32.1 Å². The Morgan fingerprint density at radius 1 is 1.38 bits per heavy atom. The number of likely N-dealkylation sites (N-methyl/N-ethyl adjacent to an activating group) is 1. The summed E-state index contributed by atoms with van der Waals surface area (Å²) in [4.78, 5) is 2.53. The van der Waals surface area contributed by atoms with Crippen LogP contribution in [0.25, 0.3) is 0 Å². The van der Waals surface area contributed by atoms with Crippen molar-refractivity contribution < 1.29 is 4.74 Å². The third kappa shape index (κ3) is 4.40. The molecule has 1 fully saturated rings. The van der Waals surface area contributed by atoms with Crippen LogP contribution in [-0.2, 0) is 4.74 Å². The highest BCUT2D eigenvalue weighted by Crippen LogP contribution is 2.23. The number of hydrogen-bond donors (Lipinski definition) is 1. The van der Waals surface area contributed by atoms with Crippen molar-refractivity contribution >= 4 is 0 Å². The van der Waals surface area contributed by atoms with Crippen molar-refractivity contribution in [1.29, 1.82) is 0 Å². The SMILES string of the molecule is CCCNCC(COC)N(C)C1CCCC1. The highest BCUT2D eigenvalue weighted by atomic mass is 16.5. The third-order valence-corrected chi connectivity index (χ3v) is 3.64. The molecule has 1 atom stereocenters. The number of hydrogen-bond acceptors (Lipinski definition) is 3. The van der Waals surface area contributed by atoms with E-state index in [1.54, 1.807) is 7.11 Å². The van der Waals surface area contributed by atoms with Crippen molar-refractivity contribution in [1.82, 2.24) is 10.2 Å². The minimum atomic E-state index is 0.527. The second-order valence-corrected chi connectivity index (χ2v) is 4.92. The van der Waals surface area contributed by atoms with Crippen molar-refractivity contribution in [3.05, 3.63) is 0 Å². The van der Waals surface area contributed by atoms with Crippen LogP contribution >= 0.6 is 0 Å². The van der Waals surface area contributed by atoms with E-state index in [0.717, 1.165) is 25.7 Å². The molecule has 3 heteroatoms. The molecular weight excluding hydrogens is 200 g/mol. The fraction of sp³-hybridized carbons (Fsp3) is 1.00. The molecule has 0 spiro atoms. The van der Waals surface area contributed by atoms with E-state index in [0.29, 0.717) is 6.04 Å². The molecule has 0 saturated heterocycles. The normalized spacial score (nSPS) is 19.5. The molecular formula is C13H28N2O. The topological polar surface area (TPSA) is 24.5 Å². The lowest BCUT2D eigenvalue weighted by molar-refractivity contribution is 0.0807. The van der Waals surface area contributed by atoms with Gasteiger partial charge in [-0.1, -0.05) is 19.8 Å². The van der Waals surface area contributed by atoms with E-state index in [1.807, 2.05) is 0 Å². The van der Waals surface area contributed by atoms with Gasteiger partial charge in [0.05, 0.1) is 6.61 Å². The van der Waals surface area contributed by atoms with Gasteiger partial charge >= 0.3 is 0 Å². The number of rotatable bonds is 8. The van der Waals surface area contributed by atoms with Gasteiger partial charge in [0.1, 0.15) is 0 Å². The number of methoxy groups -OCH3 is 1. The van der Waals surface area contributed by atoms with Gasteiger partial charge in [-0.2, -0.15) is 0 Å². The third-order valence-electron chi connectivity index (χ3n) is 3.64. The summed E-state index contributed by atoms with van der Waals surface area (Å²) in [5.74, 6) is 0. The maximum Gasteiger partial charge on any atom is 0.0630 e. The van der Waals surface area contributed by atoms with E-state index in [9.17, 15) is 0 Å². The monoisotopic (exact) mass is 228 g/mol. The summed E-state index contributed by atoms with van der Waals surface area (Å²) in [5.41, 5.74) is 0. The molecule has 0 radical (unpaired) electrons. The van der Waals surface area contributed by atoms with Gasteiger partial charge < -0.3 is 10.1 Å². The second kappa shape index (κ2) is 8.04. The van der Waals surface area contributed by atoms with E-state index < -0.39 is 0 Å². The average molecular weight is 228 g/mol. The second-order valence-electron chi connectivity index (χ2n) is 4.92. The minimum Gasteiger partial charge on any atom is -0.383 e. The lowest BCUT2D eigenvalue weighted by Gasteiger charge is -2.32. The molecule has 1 unspecified atom stereocenters. The Balaban J connectivity index is 2.34. The molecule has 1 rings (SSSR count). The summed E-state index contributed by atoms with van der Waals surface area (Å²) in [6, 6.07) is 1.31. The Labute approximate surface area is 101 Å². The molecule has 1 N–H and O–H groups in total.